The topological polar surface area (TPSA) is 105 Å². The predicted octanol–water partition coefficient (Wildman–Crippen LogP) is 1.07. The average molecular weight is 340 g/mol. The number of aromatic nitrogens is 2. The van der Waals surface area contributed by atoms with Crippen LogP contribution in [0.2, 0.25) is 0 Å². The summed E-state index contributed by atoms with van der Waals surface area (Å²) in [7, 11) is 0. The van der Waals surface area contributed by atoms with E-state index in [1.165, 1.54) is 0 Å². The van der Waals surface area contributed by atoms with Crippen LogP contribution in [0.3, 0.4) is 0 Å². The van der Waals surface area contributed by atoms with Gasteiger partial charge in [-0.25, -0.2) is 14.8 Å². The molecule has 0 atom stereocenters. The molecule has 130 valence electrons. The number of nitrogens with zero attached hydrogens (tertiary/aromatic N) is 3. The molecule has 4 rings (SSSR count). The summed E-state index contributed by atoms with van der Waals surface area (Å²) >= 11 is 0. The number of primary amides is 1. The van der Waals surface area contributed by atoms with Crippen LogP contribution >= 0.6 is 0 Å². The molecule has 8 nitrogen and oxygen atoms in total. The molecule has 3 heterocycles. The molecule has 2 amide bonds. The standard InChI is InChI=1S/C17H20N6O2/c18-16(24)20-12-3-1-11(2-4-12)15-13-9-19-10-14(13)21-17(22-15)23-5-7-25-8-6-23/h1-4,19H,5-10H2,(H3,18,20,24). The lowest BCUT2D eigenvalue weighted by Gasteiger charge is -2.27. The third-order valence-corrected chi connectivity index (χ3v) is 4.39. The minimum absolute atomic E-state index is 0.575. The van der Waals surface area contributed by atoms with Gasteiger partial charge in [-0.15, -0.1) is 0 Å². The summed E-state index contributed by atoms with van der Waals surface area (Å²) in [5.41, 5.74) is 9.92. The van der Waals surface area contributed by atoms with Crippen molar-refractivity contribution >= 4 is 17.7 Å². The van der Waals surface area contributed by atoms with Crippen LogP contribution in [0.5, 0.6) is 0 Å². The van der Waals surface area contributed by atoms with Crippen molar-refractivity contribution in [2.45, 2.75) is 13.1 Å². The first-order valence-corrected chi connectivity index (χ1v) is 8.31. The van der Waals surface area contributed by atoms with Gasteiger partial charge in [0.05, 0.1) is 24.6 Å². The molecule has 2 aliphatic rings. The molecule has 0 radical (unpaired) electrons. The fourth-order valence-corrected chi connectivity index (χ4v) is 3.15. The van der Waals surface area contributed by atoms with Gasteiger partial charge in [-0.1, -0.05) is 12.1 Å². The van der Waals surface area contributed by atoms with E-state index in [9.17, 15) is 4.79 Å². The number of nitrogens with two attached hydrogens (primary N) is 1. The predicted molar refractivity (Wildman–Crippen MR) is 94.2 cm³/mol. The smallest absolute Gasteiger partial charge is 0.316 e. The molecule has 0 spiro atoms. The maximum absolute atomic E-state index is 11.0. The highest BCUT2D eigenvalue weighted by Gasteiger charge is 2.23. The number of nitrogens with one attached hydrogen (secondary N) is 2. The molecular weight excluding hydrogens is 320 g/mol. The number of carbonyl (C=O) groups is 1. The van der Waals surface area contributed by atoms with Crippen molar-refractivity contribution < 1.29 is 9.53 Å². The van der Waals surface area contributed by atoms with Crippen LogP contribution < -0.4 is 21.3 Å². The number of morpholine rings is 1. The Morgan fingerprint density at radius 3 is 2.64 bits per heavy atom. The van der Waals surface area contributed by atoms with Crippen molar-refractivity contribution in [2.24, 2.45) is 5.73 Å². The second-order valence-electron chi connectivity index (χ2n) is 6.07. The van der Waals surface area contributed by atoms with Crippen molar-refractivity contribution in [3.8, 4) is 11.3 Å². The normalized spacial score (nSPS) is 16.6. The number of carbonyl (C=O) groups excluding carboxylic acids is 1. The number of rotatable bonds is 3. The van der Waals surface area contributed by atoms with Gasteiger partial charge in [0.25, 0.3) is 0 Å². The Kier molecular flexibility index (Phi) is 4.21. The molecular formula is C17H20N6O2. The number of benzene rings is 1. The van der Waals surface area contributed by atoms with E-state index in [1.54, 1.807) is 0 Å². The van der Waals surface area contributed by atoms with Crippen molar-refractivity contribution in [3.05, 3.63) is 35.5 Å². The summed E-state index contributed by atoms with van der Waals surface area (Å²) in [4.78, 5) is 22.7. The van der Waals surface area contributed by atoms with E-state index in [4.69, 9.17) is 20.4 Å². The molecule has 1 aromatic heterocycles. The van der Waals surface area contributed by atoms with Crippen LogP contribution in [-0.4, -0.2) is 42.3 Å². The van der Waals surface area contributed by atoms with Gasteiger partial charge in [0, 0.05) is 43.0 Å². The number of hydrogen-bond donors (Lipinski definition) is 3. The SMILES string of the molecule is NC(=O)Nc1ccc(-c2nc(N3CCOCC3)nc3c2CNC3)cc1. The van der Waals surface area contributed by atoms with Gasteiger partial charge in [-0.3, -0.25) is 0 Å². The van der Waals surface area contributed by atoms with E-state index in [0.717, 1.165) is 54.6 Å². The van der Waals surface area contributed by atoms with Crippen LogP contribution in [0.15, 0.2) is 24.3 Å². The molecule has 8 heteroatoms. The summed E-state index contributed by atoms with van der Waals surface area (Å²) < 4.78 is 5.42. The molecule has 1 saturated heterocycles. The number of hydrogen-bond acceptors (Lipinski definition) is 6. The maximum Gasteiger partial charge on any atom is 0.316 e. The molecule has 2 aromatic rings. The minimum atomic E-state index is -0.575. The Morgan fingerprint density at radius 1 is 1.16 bits per heavy atom. The quantitative estimate of drug-likeness (QED) is 0.772. The first-order chi connectivity index (χ1) is 12.2. The highest BCUT2D eigenvalue weighted by atomic mass is 16.5. The number of ether oxygens (including phenoxy) is 1. The lowest BCUT2D eigenvalue weighted by Crippen LogP contribution is -2.37. The Labute approximate surface area is 145 Å². The van der Waals surface area contributed by atoms with Crippen LogP contribution in [0.25, 0.3) is 11.3 Å². The minimum Gasteiger partial charge on any atom is -0.378 e. The summed E-state index contributed by atoms with van der Waals surface area (Å²) in [5, 5.41) is 5.92. The fourth-order valence-electron chi connectivity index (χ4n) is 3.15. The average Bonchev–Trinajstić information content (AvgIpc) is 3.10. The number of urea groups is 1. The van der Waals surface area contributed by atoms with Crippen molar-refractivity contribution in [2.75, 3.05) is 36.5 Å². The number of amides is 2. The van der Waals surface area contributed by atoms with Crippen LogP contribution in [0.4, 0.5) is 16.4 Å². The summed E-state index contributed by atoms with van der Waals surface area (Å²) in [6.07, 6.45) is 0. The molecule has 1 fully saturated rings. The lowest BCUT2D eigenvalue weighted by atomic mass is 10.1. The van der Waals surface area contributed by atoms with E-state index in [-0.39, 0.29) is 0 Å². The van der Waals surface area contributed by atoms with E-state index >= 15 is 0 Å². The van der Waals surface area contributed by atoms with E-state index < -0.39 is 6.03 Å². The zero-order valence-electron chi connectivity index (χ0n) is 13.8. The largest absolute Gasteiger partial charge is 0.378 e. The molecule has 0 aliphatic carbocycles. The van der Waals surface area contributed by atoms with Gasteiger partial charge < -0.3 is 26.0 Å². The fraction of sp³-hybridized carbons (Fsp3) is 0.353. The lowest BCUT2D eigenvalue weighted by molar-refractivity contribution is 0.122. The Balaban J connectivity index is 1.70. The zero-order chi connectivity index (χ0) is 17.2. The molecule has 4 N–H and O–H groups in total. The molecule has 0 bridgehead atoms. The van der Waals surface area contributed by atoms with E-state index in [2.05, 4.69) is 15.5 Å². The van der Waals surface area contributed by atoms with Gasteiger partial charge in [-0.05, 0) is 12.1 Å². The molecule has 1 aromatic carbocycles. The van der Waals surface area contributed by atoms with E-state index in [1.807, 2.05) is 24.3 Å². The van der Waals surface area contributed by atoms with Crippen LogP contribution in [0.1, 0.15) is 11.3 Å². The first kappa shape index (κ1) is 15.8. The van der Waals surface area contributed by atoms with Gasteiger partial charge in [-0.2, -0.15) is 0 Å². The Bertz CT molecular complexity index is 786. The van der Waals surface area contributed by atoms with Crippen LogP contribution in [-0.2, 0) is 17.8 Å². The van der Waals surface area contributed by atoms with Crippen LogP contribution in [0, 0.1) is 0 Å². The first-order valence-electron chi connectivity index (χ1n) is 8.31. The summed E-state index contributed by atoms with van der Waals surface area (Å²) in [5.74, 6) is 0.750. The Hall–Kier alpha value is -2.71. The van der Waals surface area contributed by atoms with Crippen molar-refractivity contribution in [3.63, 3.8) is 0 Å². The second-order valence-corrected chi connectivity index (χ2v) is 6.07. The van der Waals surface area contributed by atoms with Gasteiger partial charge in [0.15, 0.2) is 0 Å². The summed E-state index contributed by atoms with van der Waals surface area (Å²) in [6.45, 7) is 4.50. The molecule has 0 unspecified atom stereocenters. The Morgan fingerprint density at radius 2 is 1.92 bits per heavy atom. The highest BCUT2D eigenvalue weighted by Crippen LogP contribution is 2.29. The van der Waals surface area contributed by atoms with Gasteiger partial charge in [0.2, 0.25) is 5.95 Å². The zero-order valence-corrected chi connectivity index (χ0v) is 13.8. The third-order valence-electron chi connectivity index (χ3n) is 4.39. The summed E-state index contributed by atoms with van der Waals surface area (Å²) in [6, 6.07) is 6.95. The number of anilines is 2. The third kappa shape index (κ3) is 3.26. The van der Waals surface area contributed by atoms with Crippen molar-refractivity contribution in [1.82, 2.24) is 15.3 Å². The monoisotopic (exact) mass is 340 g/mol. The van der Waals surface area contributed by atoms with Gasteiger partial charge >= 0.3 is 6.03 Å². The highest BCUT2D eigenvalue weighted by molar-refractivity contribution is 5.88. The number of fused-ring (bicyclic) bond motifs is 1. The van der Waals surface area contributed by atoms with Crippen molar-refractivity contribution in [1.29, 1.82) is 0 Å². The second kappa shape index (κ2) is 6.66. The van der Waals surface area contributed by atoms with Gasteiger partial charge in [0.1, 0.15) is 0 Å². The molecule has 2 aliphatic heterocycles. The molecule has 0 saturated carbocycles. The maximum atomic E-state index is 11.0. The molecule has 25 heavy (non-hydrogen) atoms. The van der Waals surface area contributed by atoms with E-state index in [0.29, 0.717) is 18.9 Å².